The second-order valence-electron chi connectivity index (χ2n) is 20.4. The molecule has 0 saturated heterocycles. The number of aryl methyl sites for hydroxylation is 9. The molecule has 0 fully saturated rings. The van der Waals surface area contributed by atoms with Gasteiger partial charge in [0.1, 0.15) is 21.1 Å². The number of pyridine rings is 3. The number of hydrogen-bond donors (Lipinski definition) is 0. The van der Waals surface area contributed by atoms with Gasteiger partial charge in [-0.25, -0.2) is 13.7 Å². The van der Waals surface area contributed by atoms with E-state index in [1.807, 2.05) is 71.3 Å². The average Bonchev–Trinajstić information content (AvgIpc) is 3.35. The van der Waals surface area contributed by atoms with Crippen LogP contribution in [-0.4, -0.2) is 0 Å². The molecule has 9 rings (SSSR count). The third-order valence-electron chi connectivity index (χ3n) is 14.1. The molecule has 0 aliphatic rings. The van der Waals surface area contributed by atoms with Crippen molar-refractivity contribution in [2.75, 3.05) is 0 Å². The fraction of sp³-hybridized carbons (Fsp3) is 0.328. The number of nitrogens with zero attached hydrogens (tertiary/aromatic N) is 3. The molecular weight excluding hydrogens is 847 g/mol. The molecule has 0 N–H and O–H groups in total. The molecule has 0 amide bonds. The highest BCUT2D eigenvalue weighted by molar-refractivity contribution is 5.96. The molecule has 0 aliphatic heterocycles. The van der Waals surface area contributed by atoms with E-state index in [9.17, 15) is 0 Å². The fourth-order valence-electron chi connectivity index (χ4n) is 9.95. The summed E-state index contributed by atoms with van der Waals surface area (Å²) >= 11 is 0. The van der Waals surface area contributed by atoms with Gasteiger partial charge in [-0.15, -0.1) is 0 Å². The molecule has 3 nitrogen and oxygen atoms in total. The fourth-order valence-corrected chi connectivity index (χ4v) is 9.95. The van der Waals surface area contributed by atoms with E-state index in [1.165, 1.54) is 95.8 Å². The quantitative estimate of drug-likeness (QED) is 0.141. The summed E-state index contributed by atoms with van der Waals surface area (Å²) in [6, 6.07) is 37.6. The standard InChI is InChI=1S/C23H28N.2C22H26N/c1-15(2)11-19-7-8-21-20(14-19)9-10-24(6)23(21)22-13-16(3)12-17(4)18(22)5;2*1-14(2)18-7-8-20-19(13-18)9-10-23(6)22(20)21-12-15(3)11-16(4)17(21)5/h7-10,12-15H,11H2,1-6H3;2*7-14H,1-6H3/q3*+1/i11D2;1D3,14D;14D. The van der Waals surface area contributed by atoms with Crippen LogP contribution in [0.25, 0.3) is 66.1 Å². The highest BCUT2D eigenvalue weighted by Crippen LogP contribution is 2.35. The Morgan fingerprint density at radius 1 is 0.429 bits per heavy atom. The maximum atomic E-state index is 8.41. The Bertz CT molecular complexity index is 3730. The summed E-state index contributed by atoms with van der Waals surface area (Å²) in [5, 5.41) is 6.67. The number of aromatic nitrogens is 3. The first-order valence-electron chi connectivity index (χ1n) is 28.3. The van der Waals surface area contributed by atoms with Crippen molar-refractivity contribution in [2.24, 2.45) is 27.1 Å². The zero-order valence-corrected chi connectivity index (χ0v) is 45.0. The second-order valence-corrected chi connectivity index (χ2v) is 20.4. The van der Waals surface area contributed by atoms with Crippen molar-refractivity contribution in [1.29, 1.82) is 0 Å². The van der Waals surface area contributed by atoms with Gasteiger partial charge in [0.2, 0.25) is 17.1 Å². The molecule has 3 heteroatoms. The van der Waals surface area contributed by atoms with Crippen molar-refractivity contribution >= 4 is 32.3 Å². The van der Waals surface area contributed by atoms with Gasteiger partial charge in [0, 0.05) is 27.8 Å². The van der Waals surface area contributed by atoms with E-state index in [0.717, 1.165) is 38.4 Å². The Hall–Kier alpha value is -6.45. The largest absolute Gasteiger partial charge is 0.220 e. The molecule has 1 unspecified atom stereocenters. The maximum Gasteiger partial charge on any atom is 0.220 e. The number of rotatable bonds is 7. The molecule has 3 aromatic heterocycles. The van der Waals surface area contributed by atoms with Crippen molar-refractivity contribution in [3.05, 3.63) is 195 Å². The molecular formula is C67H80N3+3. The minimum Gasteiger partial charge on any atom is -0.200 e. The summed E-state index contributed by atoms with van der Waals surface area (Å²) < 4.78 is 63.1. The molecule has 70 heavy (non-hydrogen) atoms. The summed E-state index contributed by atoms with van der Waals surface area (Å²) in [7, 11) is 6.21. The summed E-state index contributed by atoms with van der Waals surface area (Å²) in [6.45, 7) is 26.2. The van der Waals surface area contributed by atoms with Crippen molar-refractivity contribution in [3.8, 4) is 33.8 Å². The maximum absolute atomic E-state index is 8.41. The first-order chi connectivity index (χ1) is 35.7. The summed E-state index contributed by atoms with van der Waals surface area (Å²) in [6.07, 6.45) is 4.86. The molecule has 0 saturated carbocycles. The van der Waals surface area contributed by atoms with Gasteiger partial charge in [0.25, 0.3) is 0 Å². The topological polar surface area (TPSA) is 11.6 Å². The Morgan fingerprint density at radius 3 is 1.11 bits per heavy atom. The lowest BCUT2D eigenvalue weighted by Crippen LogP contribution is -2.30. The third kappa shape index (κ3) is 11.0. The smallest absolute Gasteiger partial charge is 0.200 e. The van der Waals surface area contributed by atoms with E-state index in [1.54, 1.807) is 6.07 Å². The van der Waals surface area contributed by atoms with Crippen molar-refractivity contribution < 1.29 is 23.3 Å². The van der Waals surface area contributed by atoms with Gasteiger partial charge in [-0.3, -0.25) is 0 Å². The highest BCUT2D eigenvalue weighted by Gasteiger charge is 2.22. The molecule has 0 radical (unpaired) electrons. The van der Waals surface area contributed by atoms with Crippen LogP contribution in [0, 0.1) is 68.2 Å². The Kier molecular flexibility index (Phi) is 12.9. The van der Waals surface area contributed by atoms with E-state index in [0.29, 0.717) is 5.56 Å². The highest BCUT2D eigenvalue weighted by atomic mass is 14.9. The van der Waals surface area contributed by atoms with Crippen LogP contribution in [0.2, 0.25) is 0 Å². The molecule has 9 aromatic rings. The van der Waals surface area contributed by atoms with Gasteiger partial charge in [-0.05, 0) is 189 Å². The Balaban J connectivity index is 0.000000168. The first-order valence-corrected chi connectivity index (χ1v) is 24.8. The summed E-state index contributed by atoms with van der Waals surface area (Å²) in [5.74, 6) is -2.29. The molecule has 360 valence electrons. The summed E-state index contributed by atoms with van der Waals surface area (Å²) in [5.41, 5.74) is 21.0. The van der Waals surface area contributed by atoms with E-state index < -0.39 is 25.0 Å². The van der Waals surface area contributed by atoms with Crippen molar-refractivity contribution in [3.63, 3.8) is 0 Å². The van der Waals surface area contributed by atoms with Gasteiger partial charge in [-0.2, -0.15) is 0 Å². The van der Waals surface area contributed by atoms with E-state index in [2.05, 4.69) is 175 Å². The molecule has 6 aromatic carbocycles. The average molecular weight is 934 g/mol. The number of fused-ring (bicyclic) bond motifs is 3. The minimum atomic E-state index is -2.38. The summed E-state index contributed by atoms with van der Waals surface area (Å²) in [4.78, 5) is 0. The van der Waals surface area contributed by atoms with Gasteiger partial charge in [-0.1, -0.05) is 113 Å². The van der Waals surface area contributed by atoms with Gasteiger partial charge in [0.15, 0.2) is 18.6 Å². The lowest BCUT2D eigenvalue weighted by atomic mass is 9.93. The lowest BCUT2D eigenvalue weighted by Gasteiger charge is -2.12. The SMILES string of the molecule is [2H]C(C)(C)c1ccc2c(-c3cc(C)cc(C)c3C)[n+](C)ccc2c1.[2H]C([2H])([2H])C([2H])(C)c1ccc2c(-c3cc(C)cc(C)c3C)[n+](C)ccc2c1.[2H]C([2H])(c1ccc2c(-c3cc(C)cc(C)c3C)[n+](C)ccc2c1)C(C)C. The third-order valence-corrected chi connectivity index (χ3v) is 14.1. The van der Waals surface area contributed by atoms with Crippen LogP contribution in [-0.2, 0) is 27.5 Å². The van der Waals surface area contributed by atoms with Crippen molar-refractivity contribution in [1.82, 2.24) is 0 Å². The predicted octanol–water partition coefficient (Wildman–Crippen LogP) is 16.2. The van der Waals surface area contributed by atoms with Crippen LogP contribution in [0.4, 0.5) is 0 Å². The number of benzene rings is 6. The zero-order valence-electron chi connectivity index (χ0n) is 52.0. The first kappa shape index (κ1) is 42.4. The predicted molar refractivity (Wildman–Crippen MR) is 301 cm³/mol. The molecule has 0 aliphatic carbocycles. The zero-order chi connectivity index (χ0) is 57.0. The van der Waals surface area contributed by atoms with Gasteiger partial charge in [0.05, 0.1) is 32.8 Å². The molecule has 0 spiro atoms. The van der Waals surface area contributed by atoms with Crippen LogP contribution in [0.5, 0.6) is 0 Å². The van der Waals surface area contributed by atoms with E-state index in [-0.39, 0.29) is 5.92 Å². The van der Waals surface area contributed by atoms with Crippen LogP contribution >= 0.6 is 0 Å². The van der Waals surface area contributed by atoms with Crippen LogP contribution in [0.1, 0.15) is 130 Å². The molecule has 1 atom stereocenters. The molecule has 0 bridgehead atoms. The van der Waals surface area contributed by atoms with Gasteiger partial charge >= 0.3 is 0 Å². The normalized spacial score (nSPS) is 14.3. The van der Waals surface area contributed by atoms with Crippen molar-refractivity contribution in [2.45, 2.75) is 122 Å². The van der Waals surface area contributed by atoms with Crippen LogP contribution in [0.3, 0.4) is 0 Å². The minimum absolute atomic E-state index is 0.0686. The van der Waals surface area contributed by atoms with Crippen LogP contribution < -0.4 is 13.7 Å². The second kappa shape index (κ2) is 21.3. The van der Waals surface area contributed by atoms with E-state index >= 15 is 0 Å². The molecule has 3 heterocycles. The lowest BCUT2D eigenvalue weighted by molar-refractivity contribution is -0.659. The number of hydrogen-bond acceptors (Lipinski definition) is 0. The monoisotopic (exact) mass is 934 g/mol. The Labute approximate surface area is 431 Å². The van der Waals surface area contributed by atoms with Crippen LogP contribution in [0.15, 0.2) is 128 Å². The Morgan fingerprint density at radius 2 is 0.771 bits per heavy atom. The van der Waals surface area contributed by atoms with E-state index in [4.69, 9.17) is 9.60 Å². The van der Waals surface area contributed by atoms with Gasteiger partial charge < -0.3 is 0 Å².